The van der Waals surface area contributed by atoms with Crippen molar-refractivity contribution in [1.29, 1.82) is 0 Å². The Balaban J connectivity index is 1.85. The van der Waals surface area contributed by atoms with Crippen LogP contribution >= 0.6 is 15.9 Å². The maximum absolute atomic E-state index is 12.1. The van der Waals surface area contributed by atoms with E-state index in [1.807, 2.05) is 12.1 Å². The van der Waals surface area contributed by atoms with Crippen LogP contribution in [0.25, 0.3) is 0 Å². The van der Waals surface area contributed by atoms with Crippen molar-refractivity contribution in [3.05, 3.63) is 52.5 Å². The standard InChI is InChI=1S/C20H22BrN3O4/c1-13(10-19(25)22-16-7-5-15(21)6-8-16)23-24-20(26)12-14-4-9-17(27-2)18(11-14)28-3/h4-9,11H,10,12H2,1-3H3,(H,22,25)(H,24,26)/b23-13-. The maximum Gasteiger partial charge on any atom is 0.244 e. The van der Waals surface area contributed by atoms with Gasteiger partial charge >= 0.3 is 0 Å². The molecule has 2 aromatic carbocycles. The first-order valence-electron chi connectivity index (χ1n) is 8.49. The van der Waals surface area contributed by atoms with Gasteiger partial charge in [0.2, 0.25) is 11.8 Å². The van der Waals surface area contributed by atoms with Gasteiger partial charge in [0.25, 0.3) is 0 Å². The maximum atomic E-state index is 12.1. The van der Waals surface area contributed by atoms with Gasteiger partial charge in [0.15, 0.2) is 11.5 Å². The van der Waals surface area contributed by atoms with Crippen LogP contribution in [0.15, 0.2) is 52.0 Å². The number of hydrazone groups is 1. The van der Waals surface area contributed by atoms with Crippen LogP contribution in [0.5, 0.6) is 11.5 Å². The minimum Gasteiger partial charge on any atom is -0.493 e. The van der Waals surface area contributed by atoms with Gasteiger partial charge in [-0.15, -0.1) is 0 Å². The van der Waals surface area contributed by atoms with Crippen LogP contribution in [0.3, 0.4) is 0 Å². The summed E-state index contributed by atoms with van der Waals surface area (Å²) in [6.45, 7) is 1.68. The third kappa shape index (κ3) is 6.70. The Morgan fingerprint density at radius 2 is 1.68 bits per heavy atom. The molecule has 0 radical (unpaired) electrons. The zero-order valence-corrected chi connectivity index (χ0v) is 17.5. The number of hydrogen-bond donors (Lipinski definition) is 2. The number of carbonyl (C=O) groups is 2. The first-order chi connectivity index (χ1) is 13.4. The zero-order chi connectivity index (χ0) is 20.5. The van der Waals surface area contributed by atoms with Crippen molar-refractivity contribution in [1.82, 2.24) is 5.43 Å². The van der Waals surface area contributed by atoms with Crippen molar-refractivity contribution >= 4 is 39.1 Å². The Bertz CT molecular complexity index is 866. The molecule has 2 amide bonds. The van der Waals surface area contributed by atoms with E-state index in [4.69, 9.17) is 9.47 Å². The lowest BCUT2D eigenvalue weighted by atomic mass is 10.1. The van der Waals surface area contributed by atoms with Gasteiger partial charge in [0, 0.05) is 15.9 Å². The highest BCUT2D eigenvalue weighted by Crippen LogP contribution is 2.27. The normalized spacial score (nSPS) is 10.9. The molecule has 0 unspecified atom stereocenters. The number of benzene rings is 2. The third-order valence-electron chi connectivity index (χ3n) is 3.73. The summed E-state index contributed by atoms with van der Waals surface area (Å²) in [5.41, 5.74) is 4.41. The minimum atomic E-state index is -0.292. The number of rotatable bonds is 8. The zero-order valence-electron chi connectivity index (χ0n) is 15.9. The van der Waals surface area contributed by atoms with Crippen LogP contribution in [0.4, 0.5) is 5.69 Å². The molecule has 0 bridgehead atoms. The number of anilines is 1. The Morgan fingerprint density at radius 1 is 1.00 bits per heavy atom. The smallest absolute Gasteiger partial charge is 0.244 e. The highest BCUT2D eigenvalue weighted by molar-refractivity contribution is 9.10. The van der Waals surface area contributed by atoms with E-state index < -0.39 is 0 Å². The summed E-state index contributed by atoms with van der Waals surface area (Å²) in [4.78, 5) is 24.1. The van der Waals surface area contributed by atoms with E-state index in [1.165, 1.54) is 7.11 Å². The van der Waals surface area contributed by atoms with Gasteiger partial charge in [-0.1, -0.05) is 22.0 Å². The van der Waals surface area contributed by atoms with Crippen LogP contribution in [-0.2, 0) is 16.0 Å². The van der Waals surface area contributed by atoms with Crippen LogP contribution < -0.4 is 20.2 Å². The lowest BCUT2D eigenvalue weighted by Crippen LogP contribution is -2.22. The van der Waals surface area contributed by atoms with Gasteiger partial charge in [-0.05, 0) is 48.9 Å². The second-order valence-electron chi connectivity index (χ2n) is 5.98. The van der Waals surface area contributed by atoms with Crippen molar-refractivity contribution in [2.75, 3.05) is 19.5 Å². The molecule has 0 fully saturated rings. The van der Waals surface area contributed by atoms with E-state index in [-0.39, 0.29) is 24.7 Å². The molecule has 0 aromatic heterocycles. The highest BCUT2D eigenvalue weighted by Gasteiger charge is 2.09. The molecule has 2 rings (SSSR count). The van der Waals surface area contributed by atoms with Crippen LogP contribution in [0.2, 0.25) is 0 Å². The summed E-state index contributed by atoms with van der Waals surface area (Å²) in [6, 6.07) is 12.5. The number of carbonyl (C=O) groups excluding carboxylic acids is 2. The second-order valence-corrected chi connectivity index (χ2v) is 6.90. The SMILES string of the molecule is COc1ccc(CC(=O)N/N=C(/C)CC(=O)Nc2ccc(Br)cc2)cc1OC. The number of hydrogen-bond acceptors (Lipinski definition) is 5. The fourth-order valence-electron chi connectivity index (χ4n) is 2.38. The average Bonchev–Trinajstić information content (AvgIpc) is 2.68. The van der Waals surface area contributed by atoms with E-state index >= 15 is 0 Å². The molecule has 0 saturated heterocycles. The highest BCUT2D eigenvalue weighted by atomic mass is 79.9. The largest absolute Gasteiger partial charge is 0.493 e. The Labute approximate surface area is 172 Å². The molecule has 0 spiro atoms. The van der Waals surface area contributed by atoms with E-state index in [1.54, 1.807) is 44.4 Å². The minimum absolute atomic E-state index is 0.0761. The van der Waals surface area contributed by atoms with Gasteiger partial charge in [-0.3, -0.25) is 9.59 Å². The van der Waals surface area contributed by atoms with Gasteiger partial charge in [0.1, 0.15) is 0 Å². The number of halogens is 1. The molecule has 0 atom stereocenters. The molecule has 148 valence electrons. The molecule has 8 heteroatoms. The summed E-state index contributed by atoms with van der Waals surface area (Å²) >= 11 is 3.34. The molecule has 0 saturated carbocycles. The summed E-state index contributed by atoms with van der Waals surface area (Å²) in [7, 11) is 3.09. The first kappa shape index (κ1) is 21.4. The fourth-order valence-corrected chi connectivity index (χ4v) is 2.65. The molecule has 7 nitrogen and oxygen atoms in total. The quantitative estimate of drug-likeness (QED) is 0.478. The summed E-state index contributed by atoms with van der Waals surface area (Å²) in [5, 5.41) is 6.76. The lowest BCUT2D eigenvalue weighted by Gasteiger charge is -2.09. The number of amides is 2. The van der Waals surface area contributed by atoms with Crippen molar-refractivity contribution in [3.63, 3.8) is 0 Å². The number of nitrogens with one attached hydrogen (secondary N) is 2. The van der Waals surface area contributed by atoms with Gasteiger partial charge in [-0.2, -0.15) is 5.10 Å². The molecular weight excluding hydrogens is 426 g/mol. The van der Waals surface area contributed by atoms with Crippen LogP contribution in [0.1, 0.15) is 18.9 Å². The monoisotopic (exact) mass is 447 g/mol. The molecule has 0 aliphatic carbocycles. The van der Waals surface area contributed by atoms with E-state index in [0.717, 1.165) is 10.0 Å². The van der Waals surface area contributed by atoms with Crippen LogP contribution in [-0.4, -0.2) is 31.7 Å². The lowest BCUT2D eigenvalue weighted by molar-refractivity contribution is -0.120. The molecule has 28 heavy (non-hydrogen) atoms. The summed E-state index contributed by atoms with van der Waals surface area (Å²) in [5.74, 6) is 0.645. The molecular formula is C20H22BrN3O4. The number of methoxy groups -OCH3 is 2. The third-order valence-corrected chi connectivity index (χ3v) is 4.26. The number of nitrogens with zero attached hydrogens (tertiary/aromatic N) is 1. The van der Waals surface area contributed by atoms with Gasteiger partial charge in [0.05, 0.1) is 27.1 Å². The van der Waals surface area contributed by atoms with Crippen LogP contribution in [0, 0.1) is 0 Å². The summed E-state index contributed by atoms with van der Waals surface area (Å²) < 4.78 is 11.3. The molecule has 0 aliphatic heterocycles. The van der Waals surface area contributed by atoms with Crippen molar-refractivity contribution in [2.45, 2.75) is 19.8 Å². The molecule has 2 aromatic rings. The predicted octanol–water partition coefficient (Wildman–Crippen LogP) is 3.53. The van der Waals surface area contributed by atoms with Gasteiger partial charge < -0.3 is 14.8 Å². The molecule has 0 aliphatic rings. The van der Waals surface area contributed by atoms with Gasteiger partial charge in [-0.25, -0.2) is 5.43 Å². The van der Waals surface area contributed by atoms with E-state index in [2.05, 4.69) is 31.8 Å². The van der Waals surface area contributed by atoms with E-state index in [0.29, 0.717) is 22.9 Å². The average molecular weight is 448 g/mol. The van der Waals surface area contributed by atoms with Crippen molar-refractivity contribution in [3.8, 4) is 11.5 Å². The molecule has 2 N–H and O–H groups in total. The fraction of sp³-hybridized carbons (Fsp3) is 0.250. The first-order valence-corrected chi connectivity index (χ1v) is 9.29. The van der Waals surface area contributed by atoms with Crippen molar-refractivity contribution in [2.24, 2.45) is 5.10 Å². The Hall–Kier alpha value is -2.87. The topological polar surface area (TPSA) is 89.0 Å². The Morgan fingerprint density at radius 3 is 2.32 bits per heavy atom. The van der Waals surface area contributed by atoms with E-state index in [9.17, 15) is 9.59 Å². The number of ether oxygens (including phenoxy) is 2. The van der Waals surface area contributed by atoms with Crippen molar-refractivity contribution < 1.29 is 19.1 Å². The summed E-state index contributed by atoms with van der Waals surface area (Å²) in [6.07, 6.45) is 0.203. The second kappa shape index (κ2) is 10.5. The molecule has 0 heterocycles. The predicted molar refractivity (Wildman–Crippen MR) is 112 cm³/mol. The Kier molecular flexibility index (Phi) is 8.01.